The van der Waals surface area contributed by atoms with Gasteiger partial charge in [-0.2, -0.15) is 0 Å². The lowest BCUT2D eigenvalue weighted by Crippen LogP contribution is -1.98. The molecule has 0 amide bonds. The number of rotatable bonds is 4. The van der Waals surface area contributed by atoms with Crippen LogP contribution in [0.15, 0.2) is 72.3 Å². The maximum Gasteiger partial charge on any atom is 0.0164 e. The van der Waals surface area contributed by atoms with Crippen molar-refractivity contribution in [2.75, 3.05) is 0 Å². The van der Waals surface area contributed by atoms with Crippen molar-refractivity contribution in [2.24, 2.45) is 0 Å². The summed E-state index contributed by atoms with van der Waals surface area (Å²) in [6.45, 7) is 6.81. The third-order valence-corrected chi connectivity index (χ3v) is 5.29. The van der Waals surface area contributed by atoms with Crippen LogP contribution in [0.2, 0.25) is 0 Å². The van der Waals surface area contributed by atoms with Crippen molar-refractivity contribution in [1.82, 2.24) is 0 Å². The van der Waals surface area contributed by atoms with Gasteiger partial charge in [-0.1, -0.05) is 99.2 Å². The van der Waals surface area contributed by atoms with Gasteiger partial charge in [0.25, 0.3) is 0 Å². The molecule has 1 aliphatic rings. The Balaban J connectivity index is 2.01. The van der Waals surface area contributed by atoms with Crippen LogP contribution >= 0.6 is 0 Å². The highest BCUT2D eigenvalue weighted by Gasteiger charge is 2.22. The van der Waals surface area contributed by atoms with Crippen molar-refractivity contribution in [3.8, 4) is 22.3 Å². The van der Waals surface area contributed by atoms with Gasteiger partial charge in [-0.3, -0.25) is 0 Å². The number of fused-ring (bicyclic) bond motifs is 1. The molecular weight excluding hydrogens is 312 g/mol. The standard InChI is InChI=1S/C26H25/c1-4-19-16-21-14-15-22(18(2)3)26(25(21)17-19)24-13-9-8-12-23(24)20-10-6-5-7-11-20/h5-18H,4H2,1-3H3. The Kier molecular flexibility index (Phi) is 4.51. The largest absolute Gasteiger partial charge is 0.0622 e. The smallest absolute Gasteiger partial charge is 0.0164 e. The molecule has 129 valence electrons. The zero-order valence-corrected chi connectivity index (χ0v) is 15.8. The fourth-order valence-electron chi connectivity index (χ4n) is 3.92. The van der Waals surface area contributed by atoms with Crippen molar-refractivity contribution in [3.05, 3.63) is 95.4 Å². The number of allylic oxidation sites excluding steroid dienone is 1. The minimum absolute atomic E-state index is 0.484. The summed E-state index contributed by atoms with van der Waals surface area (Å²) in [6.07, 6.45) is 5.80. The lowest BCUT2D eigenvalue weighted by atomic mass is 9.84. The summed E-state index contributed by atoms with van der Waals surface area (Å²) in [7, 11) is 0. The van der Waals surface area contributed by atoms with E-state index in [2.05, 4.69) is 100.0 Å². The minimum Gasteiger partial charge on any atom is -0.0622 e. The van der Waals surface area contributed by atoms with E-state index in [1.807, 2.05) is 0 Å². The van der Waals surface area contributed by atoms with Crippen LogP contribution in [0.3, 0.4) is 0 Å². The highest BCUT2D eigenvalue weighted by Crippen LogP contribution is 2.43. The Morgan fingerprint density at radius 3 is 2.15 bits per heavy atom. The molecule has 1 radical (unpaired) electrons. The average molecular weight is 337 g/mol. The fourth-order valence-corrected chi connectivity index (χ4v) is 3.92. The molecule has 0 aliphatic heterocycles. The van der Waals surface area contributed by atoms with E-state index in [0.717, 1.165) is 6.42 Å². The van der Waals surface area contributed by atoms with Crippen LogP contribution in [-0.4, -0.2) is 0 Å². The van der Waals surface area contributed by atoms with Crippen LogP contribution in [0, 0.1) is 6.42 Å². The first-order valence-corrected chi connectivity index (χ1v) is 9.56. The van der Waals surface area contributed by atoms with Crippen molar-refractivity contribution < 1.29 is 0 Å². The van der Waals surface area contributed by atoms with Gasteiger partial charge in [-0.15, -0.1) is 0 Å². The first-order valence-electron chi connectivity index (χ1n) is 9.56. The summed E-state index contributed by atoms with van der Waals surface area (Å²) in [4.78, 5) is 0. The van der Waals surface area contributed by atoms with Crippen molar-refractivity contribution >= 4 is 6.08 Å². The first kappa shape index (κ1) is 16.8. The molecule has 0 unspecified atom stereocenters. The van der Waals surface area contributed by atoms with Gasteiger partial charge in [-0.25, -0.2) is 0 Å². The van der Waals surface area contributed by atoms with Gasteiger partial charge in [0.2, 0.25) is 0 Å². The zero-order valence-electron chi connectivity index (χ0n) is 15.8. The Hall–Kier alpha value is -2.60. The number of hydrogen-bond acceptors (Lipinski definition) is 0. The molecule has 0 fully saturated rings. The molecule has 26 heavy (non-hydrogen) atoms. The van der Waals surface area contributed by atoms with E-state index in [1.165, 1.54) is 44.5 Å². The van der Waals surface area contributed by atoms with E-state index in [-0.39, 0.29) is 0 Å². The van der Waals surface area contributed by atoms with E-state index in [4.69, 9.17) is 0 Å². The second kappa shape index (κ2) is 6.96. The van der Waals surface area contributed by atoms with E-state index in [0.29, 0.717) is 5.92 Å². The molecule has 1 aliphatic carbocycles. The molecule has 0 atom stereocenters. The van der Waals surface area contributed by atoms with E-state index in [9.17, 15) is 0 Å². The Morgan fingerprint density at radius 2 is 1.46 bits per heavy atom. The maximum atomic E-state index is 2.39. The highest BCUT2D eigenvalue weighted by molar-refractivity contribution is 5.92. The van der Waals surface area contributed by atoms with Gasteiger partial charge in [0.15, 0.2) is 0 Å². The van der Waals surface area contributed by atoms with E-state index in [1.54, 1.807) is 0 Å². The van der Waals surface area contributed by atoms with E-state index >= 15 is 0 Å². The van der Waals surface area contributed by atoms with Crippen LogP contribution in [0.25, 0.3) is 28.3 Å². The molecule has 3 aromatic carbocycles. The van der Waals surface area contributed by atoms with Gasteiger partial charge >= 0.3 is 0 Å². The van der Waals surface area contributed by atoms with Crippen LogP contribution in [-0.2, 0) is 0 Å². The lowest BCUT2D eigenvalue weighted by Gasteiger charge is -2.20. The first-order chi connectivity index (χ1) is 12.7. The summed E-state index contributed by atoms with van der Waals surface area (Å²) in [5, 5.41) is 0. The molecule has 0 saturated carbocycles. The molecular formula is C26H25. The van der Waals surface area contributed by atoms with E-state index < -0.39 is 0 Å². The SMILES string of the molecule is CCC1=Cc2c(ccc(C(C)C)c2-c2ccccc2-c2ccccc2)[CH]1. The Morgan fingerprint density at radius 1 is 0.769 bits per heavy atom. The van der Waals surface area contributed by atoms with Crippen LogP contribution < -0.4 is 0 Å². The quantitative estimate of drug-likeness (QED) is 0.462. The second-order valence-corrected chi connectivity index (χ2v) is 7.32. The molecule has 0 bridgehead atoms. The predicted octanol–water partition coefficient (Wildman–Crippen LogP) is 7.50. The summed E-state index contributed by atoms with van der Waals surface area (Å²) < 4.78 is 0. The third-order valence-electron chi connectivity index (χ3n) is 5.29. The van der Waals surface area contributed by atoms with Gasteiger partial charge in [0, 0.05) is 6.42 Å². The van der Waals surface area contributed by atoms with Crippen molar-refractivity contribution in [3.63, 3.8) is 0 Å². The van der Waals surface area contributed by atoms with Gasteiger partial charge in [-0.05, 0) is 51.3 Å². The fraction of sp³-hybridized carbons (Fsp3) is 0.192. The summed E-state index contributed by atoms with van der Waals surface area (Å²) >= 11 is 0. The summed E-state index contributed by atoms with van der Waals surface area (Å²) in [5.74, 6) is 0.484. The molecule has 0 N–H and O–H groups in total. The molecule has 0 nitrogen and oxygen atoms in total. The molecule has 0 heteroatoms. The Bertz CT molecular complexity index is 959. The van der Waals surface area contributed by atoms with Crippen LogP contribution in [0.5, 0.6) is 0 Å². The zero-order chi connectivity index (χ0) is 18.1. The molecule has 4 rings (SSSR count). The van der Waals surface area contributed by atoms with Gasteiger partial charge in [0.1, 0.15) is 0 Å². The van der Waals surface area contributed by atoms with Crippen molar-refractivity contribution in [2.45, 2.75) is 33.1 Å². The van der Waals surface area contributed by atoms with Crippen LogP contribution in [0.1, 0.15) is 49.8 Å². The predicted molar refractivity (Wildman–Crippen MR) is 113 cm³/mol. The monoisotopic (exact) mass is 337 g/mol. The Labute approximate surface area is 157 Å². The highest BCUT2D eigenvalue weighted by atomic mass is 14.3. The third kappa shape index (κ3) is 2.90. The summed E-state index contributed by atoms with van der Waals surface area (Å²) in [5.41, 5.74) is 10.9. The minimum atomic E-state index is 0.484. The maximum absolute atomic E-state index is 2.39. The van der Waals surface area contributed by atoms with Gasteiger partial charge < -0.3 is 0 Å². The normalized spacial score (nSPS) is 13.0. The molecule has 0 saturated heterocycles. The van der Waals surface area contributed by atoms with Crippen molar-refractivity contribution in [1.29, 1.82) is 0 Å². The molecule has 3 aromatic rings. The average Bonchev–Trinajstić information content (AvgIpc) is 3.11. The number of hydrogen-bond donors (Lipinski definition) is 0. The lowest BCUT2D eigenvalue weighted by molar-refractivity contribution is 0.868. The molecule has 0 aromatic heterocycles. The number of benzene rings is 3. The summed E-state index contributed by atoms with van der Waals surface area (Å²) in [6, 6.07) is 24.2. The van der Waals surface area contributed by atoms with Gasteiger partial charge in [0.05, 0.1) is 0 Å². The second-order valence-electron chi connectivity index (χ2n) is 7.32. The topological polar surface area (TPSA) is 0 Å². The molecule has 0 spiro atoms. The molecule has 0 heterocycles. The van der Waals surface area contributed by atoms with Crippen LogP contribution in [0.4, 0.5) is 0 Å².